The van der Waals surface area contributed by atoms with Crippen LogP contribution >= 0.6 is 11.8 Å². The monoisotopic (exact) mass is 292 g/mol. The number of rotatable bonds is 7. The van der Waals surface area contributed by atoms with Crippen LogP contribution in [0.1, 0.15) is 24.2 Å². The molecule has 0 aliphatic rings. The van der Waals surface area contributed by atoms with Crippen LogP contribution in [0.4, 0.5) is 0 Å². The molecule has 1 heterocycles. The molecule has 5 heteroatoms. The van der Waals surface area contributed by atoms with Gasteiger partial charge in [0.1, 0.15) is 12.0 Å². The summed E-state index contributed by atoms with van der Waals surface area (Å²) in [6.07, 6.45) is 1.67. The fourth-order valence-corrected chi connectivity index (χ4v) is 2.94. The largest absolute Gasteiger partial charge is 0.496 e. The second kappa shape index (κ2) is 7.36. The third kappa shape index (κ3) is 3.77. The molecule has 2 aromatic rings. The van der Waals surface area contributed by atoms with Crippen LogP contribution in [0.15, 0.2) is 40.2 Å². The number of oxazole rings is 1. The van der Waals surface area contributed by atoms with Crippen molar-refractivity contribution < 1.29 is 9.15 Å². The summed E-state index contributed by atoms with van der Waals surface area (Å²) >= 11 is 1.61. The van der Waals surface area contributed by atoms with E-state index in [4.69, 9.17) is 9.15 Å². The minimum atomic E-state index is 0.202. The lowest BCUT2D eigenvalue weighted by atomic mass is 10.1. The van der Waals surface area contributed by atoms with Gasteiger partial charge in [-0.05, 0) is 19.5 Å². The van der Waals surface area contributed by atoms with Crippen molar-refractivity contribution in [1.82, 2.24) is 10.3 Å². The molecule has 0 aliphatic carbocycles. The van der Waals surface area contributed by atoms with Crippen molar-refractivity contribution in [3.63, 3.8) is 0 Å². The maximum absolute atomic E-state index is 5.44. The van der Waals surface area contributed by atoms with Crippen molar-refractivity contribution in [2.45, 2.75) is 25.1 Å². The summed E-state index contributed by atoms with van der Waals surface area (Å²) in [6.45, 7) is 4.92. The van der Waals surface area contributed by atoms with Crippen molar-refractivity contribution >= 4 is 11.8 Å². The van der Waals surface area contributed by atoms with Crippen LogP contribution < -0.4 is 10.1 Å². The van der Waals surface area contributed by atoms with Crippen LogP contribution in [0, 0.1) is 6.92 Å². The predicted octanol–water partition coefficient (Wildman–Crippen LogP) is 3.43. The maximum atomic E-state index is 5.44. The zero-order valence-corrected chi connectivity index (χ0v) is 12.9. The Balaban J connectivity index is 2.10. The number of thioether (sulfide) groups is 1. The first kappa shape index (κ1) is 14.9. The Morgan fingerprint density at radius 1 is 1.40 bits per heavy atom. The number of aryl methyl sites for hydroxylation is 1. The molecule has 1 atom stereocenters. The number of para-hydroxylation sites is 1. The lowest BCUT2D eigenvalue weighted by Crippen LogP contribution is -2.23. The summed E-state index contributed by atoms with van der Waals surface area (Å²) in [4.78, 5) is 4.32. The van der Waals surface area contributed by atoms with Gasteiger partial charge in [-0.15, -0.1) is 0 Å². The minimum Gasteiger partial charge on any atom is -0.496 e. The minimum absolute atomic E-state index is 0.202. The molecule has 0 amide bonds. The zero-order chi connectivity index (χ0) is 14.4. The molecule has 0 spiro atoms. The quantitative estimate of drug-likeness (QED) is 0.792. The molecule has 20 heavy (non-hydrogen) atoms. The van der Waals surface area contributed by atoms with E-state index in [0.29, 0.717) is 5.22 Å². The summed E-state index contributed by atoms with van der Waals surface area (Å²) in [5, 5.41) is 4.19. The molecule has 0 saturated heterocycles. The van der Waals surface area contributed by atoms with Crippen molar-refractivity contribution in [3.8, 4) is 5.75 Å². The molecule has 1 aromatic carbocycles. The molecule has 0 aliphatic heterocycles. The standard InChI is InChI=1S/C15H20N2O2S/c1-4-16-13(10-20-15-17-11(2)9-19-15)12-7-5-6-8-14(12)18-3/h5-9,13,16H,4,10H2,1-3H3. The predicted molar refractivity (Wildman–Crippen MR) is 81.4 cm³/mol. The van der Waals surface area contributed by atoms with E-state index >= 15 is 0 Å². The third-order valence-electron chi connectivity index (χ3n) is 2.94. The molecule has 4 nitrogen and oxygen atoms in total. The van der Waals surface area contributed by atoms with Crippen molar-refractivity contribution in [3.05, 3.63) is 41.8 Å². The Morgan fingerprint density at radius 3 is 2.85 bits per heavy atom. The van der Waals surface area contributed by atoms with Gasteiger partial charge in [-0.25, -0.2) is 4.98 Å². The number of nitrogens with one attached hydrogen (secondary N) is 1. The summed E-state index contributed by atoms with van der Waals surface area (Å²) in [5.41, 5.74) is 2.07. The lowest BCUT2D eigenvalue weighted by molar-refractivity contribution is 0.402. The van der Waals surface area contributed by atoms with Crippen molar-refractivity contribution in [1.29, 1.82) is 0 Å². The second-order valence-electron chi connectivity index (χ2n) is 4.42. The average molecular weight is 292 g/mol. The Labute approximate surface area is 123 Å². The number of aromatic nitrogens is 1. The summed E-state index contributed by atoms with van der Waals surface area (Å²) < 4.78 is 10.8. The maximum Gasteiger partial charge on any atom is 0.255 e. The Hall–Kier alpha value is -1.46. The number of nitrogens with zero attached hydrogens (tertiary/aromatic N) is 1. The smallest absolute Gasteiger partial charge is 0.255 e. The molecule has 108 valence electrons. The molecular formula is C15H20N2O2S. The van der Waals surface area contributed by atoms with Gasteiger partial charge in [0.05, 0.1) is 12.8 Å². The first-order valence-corrected chi connectivity index (χ1v) is 7.64. The van der Waals surface area contributed by atoms with E-state index < -0.39 is 0 Å². The highest BCUT2D eigenvalue weighted by molar-refractivity contribution is 7.99. The van der Waals surface area contributed by atoms with Crippen LogP contribution in [-0.4, -0.2) is 24.4 Å². The van der Waals surface area contributed by atoms with Crippen molar-refractivity contribution in [2.24, 2.45) is 0 Å². The van der Waals surface area contributed by atoms with E-state index in [9.17, 15) is 0 Å². The summed E-state index contributed by atoms with van der Waals surface area (Å²) in [5.74, 6) is 1.75. The molecule has 2 rings (SSSR count). The molecule has 0 radical (unpaired) electrons. The van der Waals surface area contributed by atoms with E-state index in [1.165, 1.54) is 0 Å². The van der Waals surface area contributed by atoms with Gasteiger partial charge in [0.15, 0.2) is 0 Å². The highest BCUT2D eigenvalue weighted by Gasteiger charge is 2.16. The fraction of sp³-hybridized carbons (Fsp3) is 0.400. The molecular weight excluding hydrogens is 272 g/mol. The number of hydrogen-bond donors (Lipinski definition) is 1. The average Bonchev–Trinajstić information content (AvgIpc) is 2.89. The van der Waals surface area contributed by atoms with E-state index in [0.717, 1.165) is 29.3 Å². The van der Waals surface area contributed by atoms with Gasteiger partial charge in [0, 0.05) is 17.4 Å². The highest BCUT2D eigenvalue weighted by Crippen LogP contribution is 2.29. The fourth-order valence-electron chi connectivity index (χ4n) is 2.01. The van der Waals surface area contributed by atoms with E-state index in [1.807, 2.05) is 25.1 Å². The van der Waals surface area contributed by atoms with Crippen LogP contribution in [0.3, 0.4) is 0 Å². The first-order chi connectivity index (χ1) is 9.74. The van der Waals surface area contributed by atoms with E-state index in [-0.39, 0.29) is 6.04 Å². The van der Waals surface area contributed by atoms with Gasteiger partial charge in [-0.1, -0.05) is 36.9 Å². The third-order valence-corrected chi connectivity index (χ3v) is 3.87. The van der Waals surface area contributed by atoms with Gasteiger partial charge in [0.2, 0.25) is 0 Å². The molecule has 1 unspecified atom stereocenters. The Kier molecular flexibility index (Phi) is 5.49. The Morgan fingerprint density at radius 2 is 2.20 bits per heavy atom. The summed E-state index contributed by atoms with van der Waals surface area (Å²) in [6, 6.07) is 8.29. The molecule has 0 saturated carbocycles. The Bertz CT molecular complexity index is 542. The van der Waals surface area contributed by atoms with Crippen LogP contribution in [0.25, 0.3) is 0 Å². The van der Waals surface area contributed by atoms with Gasteiger partial charge < -0.3 is 14.5 Å². The van der Waals surface area contributed by atoms with Gasteiger partial charge in [-0.2, -0.15) is 0 Å². The SMILES string of the molecule is CCNC(CSc1nc(C)co1)c1ccccc1OC. The summed E-state index contributed by atoms with van der Waals surface area (Å²) in [7, 11) is 1.70. The topological polar surface area (TPSA) is 47.3 Å². The molecule has 0 fully saturated rings. The van der Waals surface area contributed by atoms with Crippen molar-refractivity contribution in [2.75, 3.05) is 19.4 Å². The number of methoxy groups -OCH3 is 1. The normalized spacial score (nSPS) is 12.3. The van der Waals surface area contributed by atoms with Crippen LogP contribution in [0.2, 0.25) is 0 Å². The highest BCUT2D eigenvalue weighted by atomic mass is 32.2. The lowest BCUT2D eigenvalue weighted by Gasteiger charge is -2.19. The van der Waals surface area contributed by atoms with Gasteiger partial charge in [-0.3, -0.25) is 0 Å². The van der Waals surface area contributed by atoms with E-state index in [2.05, 4.69) is 23.3 Å². The molecule has 1 aromatic heterocycles. The molecule has 1 N–H and O–H groups in total. The van der Waals surface area contributed by atoms with Gasteiger partial charge in [0.25, 0.3) is 5.22 Å². The zero-order valence-electron chi connectivity index (χ0n) is 12.1. The number of hydrogen-bond acceptors (Lipinski definition) is 5. The first-order valence-electron chi connectivity index (χ1n) is 6.65. The molecule has 0 bridgehead atoms. The van der Waals surface area contributed by atoms with Crippen LogP contribution in [0.5, 0.6) is 5.75 Å². The van der Waals surface area contributed by atoms with Gasteiger partial charge >= 0.3 is 0 Å². The van der Waals surface area contributed by atoms with Crippen LogP contribution in [-0.2, 0) is 0 Å². The second-order valence-corrected chi connectivity index (χ2v) is 5.39. The number of benzene rings is 1. The number of ether oxygens (including phenoxy) is 1. The van der Waals surface area contributed by atoms with E-state index in [1.54, 1.807) is 25.1 Å².